The van der Waals surface area contributed by atoms with E-state index in [4.69, 9.17) is 14.6 Å². The van der Waals surface area contributed by atoms with Crippen molar-refractivity contribution in [2.45, 2.75) is 25.6 Å². The van der Waals surface area contributed by atoms with Gasteiger partial charge in [0.1, 0.15) is 11.4 Å². The lowest BCUT2D eigenvalue weighted by Crippen LogP contribution is -2.11. The van der Waals surface area contributed by atoms with Gasteiger partial charge in [0.15, 0.2) is 6.79 Å². The predicted molar refractivity (Wildman–Crippen MR) is 82.0 cm³/mol. The van der Waals surface area contributed by atoms with Crippen LogP contribution in [-0.2, 0) is 22.3 Å². The van der Waals surface area contributed by atoms with E-state index in [-0.39, 0.29) is 13.4 Å². The zero-order valence-corrected chi connectivity index (χ0v) is 13.3. The summed E-state index contributed by atoms with van der Waals surface area (Å²) in [5.41, 5.74) is -0.199. The maximum atomic E-state index is 12.6. The summed E-state index contributed by atoms with van der Waals surface area (Å²) >= 11 is 0. The van der Waals surface area contributed by atoms with E-state index >= 15 is 0 Å². The fourth-order valence-electron chi connectivity index (χ4n) is 2.09. The molecule has 25 heavy (non-hydrogen) atoms. The van der Waals surface area contributed by atoms with Gasteiger partial charge in [-0.15, -0.1) is 0 Å². The molecule has 0 fully saturated rings. The standard InChI is InChI=1S/C17H16F3NO4/c1-11(16(22)23)13-4-2-3-5-14(13)25-10-24-9-12-6-7-21-15(8-12)17(18,19)20/h2-8,11H,9-10H2,1H3,(H,22,23). The summed E-state index contributed by atoms with van der Waals surface area (Å²) in [6.07, 6.45) is -3.45. The van der Waals surface area contributed by atoms with Crippen LogP contribution in [-0.4, -0.2) is 22.9 Å². The zero-order valence-electron chi connectivity index (χ0n) is 13.3. The number of pyridine rings is 1. The van der Waals surface area contributed by atoms with Gasteiger partial charge in [0.25, 0.3) is 0 Å². The average Bonchev–Trinajstić information content (AvgIpc) is 2.58. The first kappa shape index (κ1) is 18.7. The molecule has 0 saturated carbocycles. The fourth-order valence-corrected chi connectivity index (χ4v) is 2.09. The summed E-state index contributed by atoms with van der Waals surface area (Å²) in [4.78, 5) is 14.4. The molecule has 1 heterocycles. The number of carbonyl (C=O) groups is 1. The van der Waals surface area contributed by atoms with Crippen LogP contribution in [0.1, 0.15) is 29.7 Å². The van der Waals surface area contributed by atoms with Crippen molar-refractivity contribution < 1.29 is 32.5 Å². The van der Waals surface area contributed by atoms with Gasteiger partial charge in [0, 0.05) is 11.8 Å². The molecule has 0 aliphatic heterocycles. The van der Waals surface area contributed by atoms with Crippen LogP contribution in [0.5, 0.6) is 5.75 Å². The Morgan fingerprint density at radius 1 is 1.28 bits per heavy atom. The number of benzene rings is 1. The maximum absolute atomic E-state index is 12.6. The number of halogens is 3. The quantitative estimate of drug-likeness (QED) is 0.604. The number of aliphatic carboxylic acids is 1. The monoisotopic (exact) mass is 355 g/mol. The molecule has 0 spiro atoms. The first-order chi connectivity index (χ1) is 11.8. The molecule has 134 valence electrons. The molecule has 1 N–H and O–H groups in total. The van der Waals surface area contributed by atoms with Crippen molar-refractivity contribution in [2.24, 2.45) is 0 Å². The minimum atomic E-state index is -4.52. The molecule has 0 aliphatic carbocycles. The van der Waals surface area contributed by atoms with Crippen LogP contribution < -0.4 is 4.74 Å². The van der Waals surface area contributed by atoms with Gasteiger partial charge in [-0.25, -0.2) is 0 Å². The zero-order chi connectivity index (χ0) is 18.4. The summed E-state index contributed by atoms with van der Waals surface area (Å²) in [7, 11) is 0. The van der Waals surface area contributed by atoms with Gasteiger partial charge in [-0.2, -0.15) is 13.2 Å². The first-order valence-electron chi connectivity index (χ1n) is 7.33. The molecule has 0 radical (unpaired) electrons. The molecular formula is C17H16F3NO4. The molecule has 0 saturated heterocycles. The summed E-state index contributed by atoms with van der Waals surface area (Å²) in [6.45, 7) is 1.20. The van der Waals surface area contributed by atoms with Gasteiger partial charge >= 0.3 is 12.1 Å². The van der Waals surface area contributed by atoms with Crippen molar-refractivity contribution in [3.63, 3.8) is 0 Å². The van der Waals surface area contributed by atoms with Gasteiger partial charge < -0.3 is 14.6 Å². The van der Waals surface area contributed by atoms with Crippen molar-refractivity contribution >= 4 is 5.97 Å². The van der Waals surface area contributed by atoms with Gasteiger partial charge in [-0.1, -0.05) is 18.2 Å². The first-order valence-corrected chi connectivity index (χ1v) is 7.33. The Balaban J connectivity index is 1.93. The molecule has 1 aromatic heterocycles. The Hall–Kier alpha value is -2.61. The lowest BCUT2D eigenvalue weighted by atomic mass is 10.0. The Bertz CT molecular complexity index is 734. The van der Waals surface area contributed by atoms with E-state index in [1.807, 2.05) is 0 Å². The van der Waals surface area contributed by atoms with Crippen LogP contribution in [0.2, 0.25) is 0 Å². The van der Waals surface area contributed by atoms with Crippen LogP contribution in [0.15, 0.2) is 42.6 Å². The van der Waals surface area contributed by atoms with Crippen molar-refractivity contribution in [3.8, 4) is 5.75 Å². The van der Waals surface area contributed by atoms with Crippen LogP contribution in [0.3, 0.4) is 0 Å². The lowest BCUT2D eigenvalue weighted by Gasteiger charge is -2.14. The number of aromatic nitrogens is 1. The summed E-state index contributed by atoms with van der Waals surface area (Å²) in [5.74, 6) is -1.40. The molecule has 8 heteroatoms. The highest BCUT2D eigenvalue weighted by Crippen LogP contribution is 2.28. The highest BCUT2D eigenvalue weighted by atomic mass is 19.4. The fraction of sp³-hybridized carbons (Fsp3) is 0.294. The second-order valence-corrected chi connectivity index (χ2v) is 5.26. The lowest BCUT2D eigenvalue weighted by molar-refractivity contribution is -0.141. The molecule has 0 bridgehead atoms. The van der Waals surface area contributed by atoms with Gasteiger partial charge in [0.2, 0.25) is 0 Å². The molecular weight excluding hydrogens is 339 g/mol. The Morgan fingerprint density at radius 2 is 2.00 bits per heavy atom. The molecule has 0 aliphatic rings. The van der Waals surface area contributed by atoms with Crippen molar-refractivity contribution in [1.82, 2.24) is 4.98 Å². The molecule has 0 amide bonds. The third-order valence-corrected chi connectivity index (χ3v) is 3.44. The number of hydrogen-bond acceptors (Lipinski definition) is 4. The predicted octanol–water partition coefficient (Wildman–Crippen LogP) is 3.84. The number of hydrogen-bond donors (Lipinski definition) is 1. The van der Waals surface area contributed by atoms with Gasteiger partial charge in [0.05, 0.1) is 12.5 Å². The smallest absolute Gasteiger partial charge is 0.433 e. The van der Waals surface area contributed by atoms with E-state index in [2.05, 4.69) is 4.98 Å². The Labute approximate surface area is 142 Å². The Kier molecular flexibility index (Phi) is 5.97. The third kappa shape index (κ3) is 5.18. The van der Waals surface area contributed by atoms with Gasteiger partial charge in [-0.3, -0.25) is 9.78 Å². The molecule has 1 unspecified atom stereocenters. The highest BCUT2D eigenvalue weighted by molar-refractivity contribution is 5.76. The Morgan fingerprint density at radius 3 is 2.68 bits per heavy atom. The van der Waals surface area contributed by atoms with E-state index < -0.39 is 23.8 Å². The summed E-state index contributed by atoms with van der Waals surface area (Å²) in [6, 6.07) is 8.93. The van der Waals surface area contributed by atoms with E-state index in [1.54, 1.807) is 24.3 Å². The minimum Gasteiger partial charge on any atom is -0.481 e. The van der Waals surface area contributed by atoms with E-state index in [9.17, 15) is 18.0 Å². The second kappa shape index (κ2) is 7.98. The number of carboxylic acids is 1. The molecule has 1 atom stereocenters. The molecule has 1 aromatic carbocycles. The number of carboxylic acid groups (broad SMARTS) is 1. The number of ether oxygens (including phenoxy) is 2. The van der Waals surface area contributed by atoms with Crippen LogP contribution in [0.4, 0.5) is 13.2 Å². The molecule has 2 rings (SSSR count). The van der Waals surface area contributed by atoms with Crippen LogP contribution in [0.25, 0.3) is 0 Å². The van der Waals surface area contributed by atoms with E-state index in [0.717, 1.165) is 12.3 Å². The second-order valence-electron chi connectivity index (χ2n) is 5.26. The topological polar surface area (TPSA) is 68.7 Å². The number of rotatable bonds is 7. The SMILES string of the molecule is CC(C(=O)O)c1ccccc1OCOCc1ccnc(C(F)(F)F)c1. The number of alkyl halides is 3. The maximum Gasteiger partial charge on any atom is 0.433 e. The average molecular weight is 355 g/mol. The van der Waals surface area contributed by atoms with Crippen molar-refractivity contribution in [1.29, 1.82) is 0 Å². The number of para-hydroxylation sites is 1. The highest BCUT2D eigenvalue weighted by Gasteiger charge is 2.32. The summed E-state index contributed by atoms with van der Waals surface area (Å²) < 4.78 is 48.4. The molecule has 5 nitrogen and oxygen atoms in total. The van der Waals surface area contributed by atoms with Crippen molar-refractivity contribution in [3.05, 3.63) is 59.4 Å². The third-order valence-electron chi connectivity index (χ3n) is 3.44. The van der Waals surface area contributed by atoms with Crippen molar-refractivity contribution in [2.75, 3.05) is 6.79 Å². The largest absolute Gasteiger partial charge is 0.481 e. The number of nitrogens with zero attached hydrogens (tertiary/aromatic N) is 1. The summed E-state index contributed by atoms with van der Waals surface area (Å²) in [5, 5.41) is 9.09. The van der Waals surface area contributed by atoms with Crippen LogP contribution >= 0.6 is 0 Å². The van der Waals surface area contributed by atoms with Gasteiger partial charge in [-0.05, 0) is 30.7 Å². The van der Waals surface area contributed by atoms with E-state index in [1.165, 1.54) is 13.0 Å². The normalized spacial score (nSPS) is 12.6. The molecule has 2 aromatic rings. The van der Waals surface area contributed by atoms with Crippen LogP contribution in [0, 0.1) is 0 Å². The van der Waals surface area contributed by atoms with E-state index in [0.29, 0.717) is 16.9 Å². The minimum absolute atomic E-state index is 0.0950.